The molecule has 0 fully saturated rings. The number of hydrogen-bond acceptors (Lipinski definition) is 3. The van der Waals surface area contributed by atoms with Crippen molar-refractivity contribution in [1.82, 2.24) is 9.88 Å². The van der Waals surface area contributed by atoms with E-state index in [0.29, 0.717) is 11.4 Å². The fourth-order valence-electron chi connectivity index (χ4n) is 3.68. The number of pyridine rings is 1. The van der Waals surface area contributed by atoms with Crippen molar-refractivity contribution in [2.75, 3.05) is 11.9 Å². The number of aryl methyl sites for hydroxylation is 2. The Morgan fingerprint density at radius 1 is 1.00 bits per heavy atom. The molecule has 3 aromatic rings. The third kappa shape index (κ3) is 3.45. The van der Waals surface area contributed by atoms with Gasteiger partial charge in [-0.1, -0.05) is 48.5 Å². The van der Waals surface area contributed by atoms with Crippen molar-refractivity contribution >= 4 is 17.5 Å². The summed E-state index contributed by atoms with van der Waals surface area (Å²) in [6.45, 7) is 3.47. The quantitative estimate of drug-likeness (QED) is 0.709. The number of anilines is 1. The van der Waals surface area contributed by atoms with Gasteiger partial charge in [0.05, 0.1) is 6.04 Å². The molecule has 1 atom stereocenters. The average molecular weight is 387 g/mol. The number of rotatable bonds is 2. The van der Waals surface area contributed by atoms with Gasteiger partial charge < -0.3 is 15.2 Å². The van der Waals surface area contributed by atoms with E-state index in [1.807, 2.05) is 61.5 Å². The predicted molar refractivity (Wildman–Crippen MR) is 111 cm³/mol. The van der Waals surface area contributed by atoms with Crippen LogP contribution in [0.4, 0.5) is 5.69 Å². The Hall–Kier alpha value is -3.67. The third-order valence-corrected chi connectivity index (χ3v) is 5.26. The molecule has 0 saturated carbocycles. The van der Waals surface area contributed by atoms with Gasteiger partial charge >= 0.3 is 0 Å². The maximum atomic E-state index is 13.5. The zero-order valence-electron chi connectivity index (χ0n) is 16.2. The Bertz CT molecular complexity index is 1150. The molecule has 0 bridgehead atoms. The molecule has 2 aromatic carbocycles. The largest absolute Gasteiger partial charge is 0.326 e. The average Bonchev–Trinajstić information content (AvgIpc) is 2.86. The van der Waals surface area contributed by atoms with Crippen molar-refractivity contribution in [3.63, 3.8) is 0 Å². The SMILES string of the molecule is Cc1cc(C(=O)N2CC(=O)Nc3ccccc3[C@@H]2c2ccccc2)c(=O)[nH]c1C. The summed E-state index contributed by atoms with van der Waals surface area (Å²) in [5, 5.41) is 2.87. The lowest BCUT2D eigenvalue weighted by atomic mass is 9.95. The first kappa shape index (κ1) is 18.7. The van der Waals surface area contributed by atoms with E-state index >= 15 is 0 Å². The van der Waals surface area contributed by atoms with Crippen molar-refractivity contribution in [2.24, 2.45) is 0 Å². The minimum Gasteiger partial charge on any atom is -0.326 e. The highest BCUT2D eigenvalue weighted by atomic mass is 16.2. The van der Waals surface area contributed by atoms with Gasteiger partial charge in [-0.3, -0.25) is 14.4 Å². The molecule has 1 aromatic heterocycles. The number of carbonyl (C=O) groups excluding carboxylic acids is 2. The minimum atomic E-state index is -0.500. The van der Waals surface area contributed by atoms with Gasteiger partial charge in [-0.05, 0) is 37.1 Å². The lowest BCUT2D eigenvalue weighted by Crippen LogP contribution is -2.41. The number of nitrogens with one attached hydrogen (secondary N) is 2. The van der Waals surface area contributed by atoms with Crippen LogP contribution in [0.2, 0.25) is 0 Å². The Kier molecular flexibility index (Phi) is 4.76. The van der Waals surface area contributed by atoms with Crippen LogP contribution in [0.15, 0.2) is 65.5 Å². The molecule has 29 heavy (non-hydrogen) atoms. The summed E-state index contributed by atoms with van der Waals surface area (Å²) in [7, 11) is 0. The second-order valence-corrected chi connectivity index (χ2v) is 7.20. The molecule has 146 valence electrons. The fourth-order valence-corrected chi connectivity index (χ4v) is 3.68. The number of aromatic nitrogens is 1. The Balaban J connectivity index is 1.90. The van der Waals surface area contributed by atoms with Crippen LogP contribution in [-0.4, -0.2) is 28.2 Å². The molecule has 0 unspecified atom stereocenters. The van der Waals surface area contributed by atoms with Gasteiger partial charge in [-0.25, -0.2) is 0 Å². The molecule has 1 aliphatic heterocycles. The molecule has 2 N–H and O–H groups in total. The minimum absolute atomic E-state index is 0.0289. The lowest BCUT2D eigenvalue weighted by molar-refractivity contribution is -0.117. The number of carbonyl (C=O) groups is 2. The smallest absolute Gasteiger partial charge is 0.261 e. The highest BCUT2D eigenvalue weighted by Gasteiger charge is 2.34. The molecule has 0 radical (unpaired) electrons. The van der Waals surface area contributed by atoms with Crippen LogP contribution in [0.5, 0.6) is 0 Å². The summed E-state index contributed by atoms with van der Waals surface area (Å²) >= 11 is 0. The summed E-state index contributed by atoms with van der Waals surface area (Å²) in [5.74, 6) is -0.778. The number of benzene rings is 2. The summed E-state index contributed by atoms with van der Waals surface area (Å²) < 4.78 is 0. The maximum absolute atomic E-state index is 13.5. The first-order valence-electron chi connectivity index (χ1n) is 9.41. The molecule has 0 spiro atoms. The van der Waals surface area contributed by atoms with Gasteiger partial charge in [0.2, 0.25) is 5.91 Å². The molecule has 2 heterocycles. The van der Waals surface area contributed by atoms with Crippen molar-refractivity contribution in [3.05, 3.63) is 99.0 Å². The van der Waals surface area contributed by atoms with Gasteiger partial charge in [0.1, 0.15) is 12.1 Å². The Labute approximate surface area is 168 Å². The van der Waals surface area contributed by atoms with Gasteiger partial charge in [-0.2, -0.15) is 0 Å². The summed E-state index contributed by atoms with van der Waals surface area (Å²) in [6, 6.07) is 18.0. The Morgan fingerprint density at radius 2 is 1.69 bits per heavy atom. The van der Waals surface area contributed by atoms with Crippen molar-refractivity contribution in [3.8, 4) is 0 Å². The number of amides is 2. The molecule has 6 nitrogen and oxygen atoms in total. The highest BCUT2D eigenvalue weighted by Crippen LogP contribution is 2.36. The fraction of sp³-hybridized carbons (Fsp3) is 0.174. The van der Waals surface area contributed by atoms with E-state index in [4.69, 9.17) is 0 Å². The van der Waals surface area contributed by atoms with Crippen LogP contribution >= 0.6 is 0 Å². The summed E-state index contributed by atoms with van der Waals surface area (Å²) in [5.41, 5.74) is 3.43. The number of para-hydroxylation sites is 1. The standard InChI is InChI=1S/C23H21N3O3/c1-14-12-18(22(28)24-15(14)2)23(29)26-13-20(27)25-19-11-7-6-10-17(19)21(26)16-8-4-3-5-9-16/h3-12,21H,13H2,1-2H3,(H,24,28)(H,25,27)/t21-/m0/s1. The van der Waals surface area contributed by atoms with Crippen LogP contribution in [-0.2, 0) is 4.79 Å². The molecule has 0 saturated heterocycles. The number of hydrogen-bond donors (Lipinski definition) is 2. The number of H-pyrrole nitrogens is 1. The highest BCUT2D eigenvalue weighted by molar-refractivity contribution is 6.01. The van der Waals surface area contributed by atoms with Crippen LogP contribution in [0.25, 0.3) is 0 Å². The van der Waals surface area contributed by atoms with Crippen molar-refractivity contribution < 1.29 is 9.59 Å². The van der Waals surface area contributed by atoms with Crippen LogP contribution in [0, 0.1) is 13.8 Å². The molecule has 0 aliphatic carbocycles. The molecule has 4 rings (SSSR count). The molecule has 2 amide bonds. The van der Waals surface area contributed by atoms with Crippen molar-refractivity contribution in [2.45, 2.75) is 19.9 Å². The lowest BCUT2D eigenvalue weighted by Gasteiger charge is -2.30. The predicted octanol–water partition coefficient (Wildman–Crippen LogP) is 3.18. The normalized spacial score (nSPS) is 16.0. The van der Waals surface area contributed by atoms with E-state index in [2.05, 4.69) is 10.3 Å². The number of nitrogens with zero attached hydrogens (tertiary/aromatic N) is 1. The second-order valence-electron chi connectivity index (χ2n) is 7.20. The molecular formula is C23H21N3O3. The zero-order valence-corrected chi connectivity index (χ0v) is 16.2. The topological polar surface area (TPSA) is 82.3 Å². The van der Waals surface area contributed by atoms with E-state index in [-0.39, 0.29) is 18.0 Å². The van der Waals surface area contributed by atoms with E-state index < -0.39 is 17.5 Å². The van der Waals surface area contributed by atoms with Crippen LogP contribution in [0.1, 0.15) is 38.8 Å². The van der Waals surface area contributed by atoms with E-state index in [1.54, 1.807) is 13.0 Å². The number of aromatic amines is 1. The monoisotopic (exact) mass is 387 g/mol. The number of fused-ring (bicyclic) bond motifs is 1. The van der Waals surface area contributed by atoms with Crippen LogP contribution < -0.4 is 10.9 Å². The Morgan fingerprint density at radius 3 is 2.45 bits per heavy atom. The first-order valence-corrected chi connectivity index (χ1v) is 9.41. The third-order valence-electron chi connectivity index (χ3n) is 5.26. The van der Waals surface area contributed by atoms with E-state index in [1.165, 1.54) is 4.90 Å². The molecular weight excluding hydrogens is 366 g/mol. The van der Waals surface area contributed by atoms with E-state index in [9.17, 15) is 14.4 Å². The van der Waals surface area contributed by atoms with Gasteiger partial charge in [-0.15, -0.1) is 0 Å². The van der Waals surface area contributed by atoms with Crippen LogP contribution in [0.3, 0.4) is 0 Å². The van der Waals surface area contributed by atoms with E-state index in [0.717, 1.165) is 16.7 Å². The first-order chi connectivity index (χ1) is 14.0. The summed E-state index contributed by atoms with van der Waals surface area (Å²) in [6.07, 6.45) is 0. The second kappa shape index (κ2) is 7.39. The zero-order chi connectivity index (χ0) is 20.5. The van der Waals surface area contributed by atoms with Gasteiger partial charge in [0.25, 0.3) is 11.5 Å². The summed E-state index contributed by atoms with van der Waals surface area (Å²) in [4.78, 5) is 42.8. The van der Waals surface area contributed by atoms with Gasteiger partial charge in [0.15, 0.2) is 0 Å². The van der Waals surface area contributed by atoms with Gasteiger partial charge in [0, 0.05) is 16.9 Å². The molecule has 1 aliphatic rings. The van der Waals surface area contributed by atoms with Crippen molar-refractivity contribution in [1.29, 1.82) is 0 Å². The maximum Gasteiger partial charge on any atom is 0.261 e. The molecule has 6 heteroatoms.